The zero-order chi connectivity index (χ0) is 22.4. The molecule has 0 spiro atoms. The third kappa shape index (κ3) is 5.56. The van der Waals surface area contributed by atoms with Crippen molar-refractivity contribution in [2.45, 2.75) is 48.9 Å². The minimum Gasteiger partial charge on any atom is -0.305 e. The van der Waals surface area contributed by atoms with Gasteiger partial charge in [-0.05, 0) is 30.5 Å². The quantitative estimate of drug-likeness (QED) is 0.415. The SMILES string of the molecule is CCN(CC)S(=O)(=O)c1cccc(-c2nnc(SC(C)CCc3ccccc3)n2C)c1. The van der Waals surface area contributed by atoms with Crippen molar-refractivity contribution in [2.75, 3.05) is 13.1 Å². The van der Waals surface area contributed by atoms with Crippen molar-refractivity contribution in [3.63, 3.8) is 0 Å². The van der Waals surface area contributed by atoms with Crippen LogP contribution in [0.3, 0.4) is 0 Å². The van der Waals surface area contributed by atoms with Crippen LogP contribution >= 0.6 is 11.8 Å². The van der Waals surface area contributed by atoms with Gasteiger partial charge < -0.3 is 4.57 Å². The van der Waals surface area contributed by atoms with Crippen LogP contribution in [0.5, 0.6) is 0 Å². The Hall–Kier alpha value is -2.16. The van der Waals surface area contributed by atoms with Crippen LogP contribution in [0, 0.1) is 0 Å². The highest BCUT2D eigenvalue weighted by atomic mass is 32.2. The first-order valence-corrected chi connectivity index (χ1v) is 12.9. The lowest BCUT2D eigenvalue weighted by Gasteiger charge is -2.18. The van der Waals surface area contributed by atoms with Crippen molar-refractivity contribution in [2.24, 2.45) is 7.05 Å². The summed E-state index contributed by atoms with van der Waals surface area (Å²) in [5.74, 6) is 0.661. The van der Waals surface area contributed by atoms with Gasteiger partial charge >= 0.3 is 0 Å². The first-order chi connectivity index (χ1) is 14.9. The Labute approximate surface area is 189 Å². The molecule has 0 amide bonds. The second-order valence-electron chi connectivity index (χ2n) is 7.44. The van der Waals surface area contributed by atoms with Gasteiger partial charge in [0.05, 0.1) is 4.90 Å². The van der Waals surface area contributed by atoms with E-state index >= 15 is 0 Å². The molecule has 0 fully saturated rings. The molecule has 0 saturated heterocycles. The summed E-state index contributed by atoms with van der Waals surface area (Å²) >= 11 is 1.69. The van der Waals surface area contributed by atoms with E-state index in [0.29, 0.717) is 24.2 Å². The summed E-state index contributed by atoms with van der Waals surface area (Å²) in [5, 5.41) is 9.92. The van der Waals surface area contributed by atoms with Gasteiger partial charge in [0.25, 0.3) is 0 Å². The van der Waals surface area contributed by atoms with Crippen LogP contribution < -0.4 is 0 Å². The van der Waals surface area contributed by atoms with Gasteiger partial charge in [-0.25, -0.2) is 8.42 Å². The van der Waals surface area contributed by atoms with E-state index in [2.05, 4.69) is 41.4 Å². The average molecular weight is 459 g/mol. The number of aromatic nitrogens is 3. The summed E-state index contributed by atoms with van der Waals surface area (Å²) in [5.41, 5.74) is 2.08. The van der Waals surface area contributed by atoms with Gasteiger partial charge in [-0.1, -0.05) is 75.0 Å². The first-order valence-electron chi connectivity index (χ1n) is 10.6. The van der Waals surface area contributed by atoms with Gasteiger partial charge in [0, 0.05) is 31.0 Å². The number of thioether (sulfide) groups is 1. The van der Waals surface area contributed by atoms with E-state index in [0.717, 1.165) is 23.6 Å². The van der Waals surface area contributed by atoms with Crippen LogP contribution in [-0.2, 0) is 23.5 Å². The molecule has 2 aromatic carbocycles. The van der Waals surface area contributed by atoms with Gasteiger partial charge in [-0.3, -0.25) is 0 Å². The van der Waals surface area contributed by atoms with E-state index in [1.165, 1.54) is 9.87 Å². The summed E-state index contributed by atoms with van der Waals surface area (Å²) in [6.45, 7) is 6.76. The Morgan fingerprint density at radius 1 is 1.03 bits per heavy atom. The molecule has 3 rings (SSSR count). The summed E-state index contributed by atoms with van der Waals surface area (Å²) in [4.78, 5) is 0.280. The molecule has 8 heteroatoms. The summed E-state index contributed by atoms with van der Waals surface area (Å²) in [7, 11) is -1.60. The Balaban J connectivity index is 1.75. The molecule has 0 aliphatic heterocycles. The molecule has 0 saturated carbocycles. The molecule has 1 heterocycles. The maximum Gasteiger partial charge on any atom is 0.243 e. The molecule has 1 atom stereocenters. The molecule has 0 aliphatic carbocycles. The van der Waals surface area contributed by atoms with Gasteiger partial charge in [0.2, 0.25) is 10.0 Å². The molecule has 166 valence electrons. The van der Waals surface area contributed by atoms with Gasteiger partial charge in [-0.2, -0.15) is 4.31 Å². The molecule has 31 heavy (non-hydrogen) atoms. The minimum atomic E-state index is -3.52. The fourth-order valence-corrected chi connectivity index (χ4v) is 5.86. The lowest BCUT2D eigenvalue weighted by atomic mass is 10.1. The molecule has 3 aromatic rings. The molecular formula is C23H30N4O2S2. The predicted octanol–water partition coefficient (Wildman–Crippen LogP) is 4.63. The molecule has 0 aliphatic rings. The largest absolute Gasteiger partial charge is 0.305 e. The summed E-state index contributed by atoms with van der Waals surface area (Å²) in [6.07, 6.45) is 2.06. The number of nitrogens with zero attached hydrogens (tertiary/aromatic N) is 4. The van der Waals surface area contributed by atoms with E-state index in [9.17, 15) is 8.42 Å². The van der Waals surface area contributed by atoms with Crippen molar-refractivity contribution >= 4 is 21.8 Å². The Morgan fingerprint density at radius 2 is 1.74 bits per heavy atom. The van der Waals surface area contributed by atoms with Crippen LogP contribution in [0.25, 0.3) is 11.4 Å². The standard InChI is InChI=1S/C23H30N4O2S2/c1-5-27(6-2)31(28,29)21-14-10-13-20(17-21)22-24-25-23(26(22)4)30-18(3)15-16-19-11-8-7-9-12-19/h7-14,17-18H,5-6,15-16H2,1-4H3. The third-order valence-electron chi connectivity index (χ3n) is 5.26. The van der Waals surface area contributed by atoms with E-state index < -0.39 is 10.0 Å². The Bertz CT molecular complexity index is 1090. The molecular weight excluding hydrogens is 428 g/mol. The van der Waals surface area contributed by atoms with Crippen molar-refractivity contribution in [1.82, 2.24) is 19.1 Å². The second kappa shape index (κ2) is 10.4. The highest BCUT2D eigenvalue weighted by Gasteiger charge is 2.23. The zero-order valence-electron chi connectivity index (χ0n) is 18.5. The summed E-state index contributed by atoms with van der Waals surface area (Å²) in [6, 6.07) is 17.4. The van der Waals surface area contributed by atoms with Crippen LogP contribution in [0.15, 0.2) is 64.6 Å². The fourth-order valence-electron chi connectivity index (χ4n) is 3.43. The monoisotopic (exact) mass is 458 g/mol. The number of rotatable bonds is 10. The molecule has 0 radical (unpaired) electrons. The first kappa shape index (κ1) is 23.5. The van der Waals surface area contributed by atoms with Gasteiger partial charge in [-0.15, -0.1) is 10.2 Å². The molecule has 1 aromatic heterocycles. The highest BCUT2D eigenvalue weighted by Crippen LogP contribution is 2.29. The van der Waals surface area contributed by atoms with E-state index in [4.69, 9.17) is 0 Å². The topological polar surface area (TPSA) is 68.1 Å². The van der Waals surface area contributed by atoms with Crippen LogP contribution in [0.4, 0.5) is 0 Å². The normalized spacial score (nSPS) is 12.9. The van der Waals surface area contributed by atoms with E-state index in [-0.39, 0.29) is 4.90 Å². The summed E-state index contributed by atoms with van der Waals surface area (Å²) < 4.78 is 29.2. The molecule has 0 N–H and O–H groups in total. The zero-order valence-corrected chi connectivity index (χ0v) is 20.2. The van der Waals surface area contributed by atoms with Crippen LogP contribution in [-0.4, -0.2) is 45.8 Å². The fraction of sp³-hybridized carbons (Fsp3) is 0.391. The van der Waals surface area contributed by atoms with Crippen molar-refractivity contribution in [1.29, 1.82) is 0 Å². The maximum absolute atomic E-state index is 12.9. The third-order valence-corrected chi connectivity index (χ3v) is 8.51. The molecule has 6 nitrogen and oxygen atoms in total. The number of sulfonamides is 1. The predicted molar refractivity (Wildman–Crippen MR) is 127 cm³/mol. The van der Waals surface area contributed by atoms with Crippen molar-refractivity contribution in [3.05, 3.63) is 60.2 Å². The van der Waals surface area contributed by atoms with Gasteiger partial charge in [0.15, 0.2) is 11.0 Å². The average Bonchev–Trinajstić information content (AvgIpc) is 3.14. The second-order valence-corrected chi connectivity index (χ2v) is 10.8. The molecule has 1 unspecified atom stereocenters. The maximum atomic E-state index is 12.9. The van der Waals surface area contributed by atoms with E-state index in [1.54, 1.807) is 30.0 Å². The Morgan fingerprint density at radius 3 is 2.42 bits per heavy atom. The number of benzene rings is 2. The smallest absolute Gasteiger partial charge is 0.243 e. The van der Waals surface area contributed by atoms with Crippen molar-refractivity contribution in [3.8, 4) is 11.4 Å². The Kier molecular flexibility index (Phi) is 7.91. The molecule has 0 bridgehead atoms. The highest BCUT2D eigenvalue weighted by molar-refractivity contribution is 7.99. The number of hydrogen-bond acceptors (Lipinski definition) is 5. The lowest BCUT2D eigenvalue weighted by Crippen LogP contribution is -2.30. The van der Waals surface area contributed by atoms with Crippen LogP contribution in [0.1, 0.15) is 32.8 Å². The van der Waals surface area contributed by atoms with Crippen LogP contribution in [0.2, 0.25) is 0 Å². The van der Waals surface area contributed by atoms with E-state index in [1.807, 2.05) is 37.6 Å². The number of hydrogen-bond donors (Lipinski definition) is 0. The minimum absolute atomic E-state index is 0.280. The van der Waals surface area contributed by atoms with Crippen molar-refractivity contribution < 1.29 is 8.42 Å². The number of aryl methyl sites for hydroxylation is 1. The lowest BCUT2D eigenvalue weighted by molar-refractivity contribution is 0.445. The van der Waals surface area contributed by atoms with Gasteiger partial charge in [0.1, 0.15) is 0 Å².